The fourth-order valence-corrected chi connectivity index (χ4v) is 0.941. The average Bonchev–Trinajstić information content (AvgIpc) is 2.89. The van der Waals surface area contributed by atoms with Gasteiger partial charge in [0.1, 0.15) is 12.1 Å². The molecule has 1 saturated heterocycles. The number of hydrogen-bond donors (Lipinski definition) is 0. The van der Waals surface area contributed by atoms with Crippen LogP contribution in [0.1, 0.15) is 0 Å². The Hall–Kier alpha value is 0.846. The normalized spacial score (nSPS) is 18.5. The molecule has 0 N–H and O–H groups in total. The first-order chi connectivity index (χ1) is 5.86. The van der Waals surface area contributed by atoms with E-state index in [4.69, 9.17) is 15.3 Å². The molecule has 1 aliphatic heterocycles. The molecule has 0 amide bonds. The standard InChI is InChI=1S/C6H6N2O3S.K/c7-1-5(2-8)10-11-12-4-6-3-9-6;/h5-6H,3-4H2;/q;+1. The van der Waals surface area contributed by atoms with Gasteiger partial charge in [0.2, 0.25) is 0 Å². The fraction of sp³-hybridized carbons (Fsp3) is 0.667. The van der Waals surface area contributed by atoms with Gasteiger partial charge in [0, 0.05) is 12.0 Å². The fourth-order valence-electron chi connectivity index (χ4n) is 0.407. The van der Waals surface area contributed by atoms with Crippen LogP contribution in [-0.2, 0) is 14.0 Å². The number of nitriles is 2. The number of ether oxygens (including phenoxy) is 1. The molecule has 1 fully saturated rings. The molecule has 0 aromatic heterocycles. The SMILES string of the molecule is N#CC(C#N)OOSCC1CO1.[K+]. The molecule has 5 nitrogen and oxygen atoms in total. The molecule has 1 unspecified atom stereocenters. The molecule has 64 valence electrons. The van der Waals surface area contributed by atoms with Gasteiger partial charge in [0.05, 0.1) is 18.5 Å². The van der Waals surface area contributed by atoms with Gasteiger partial charge in [-0.15, -0.1) is 0 Å². The van der Waals surface area contributed by atoms with Crippen LogP contribution < -0.4 is 51.4 Å². The topological polar surface area (TPSA) is 78.6 Å². The monoisotopic (exact) mass is 225 g/mol. The Labute approximate surface area is 123 Å². The Morgan fingerprint density at radius 1 is 1.54 bits per heavy atom. The first-order valence-corrected chi connectivity index (χ1v) is 4.13. The Kier molecular flexibility index (Phi) is 8.71. The maximum Gasteiger partial charge on any atom is 1.00 e. The first kappa shape index (κ1) is 13.8. The summed E-state index contributed by atoms with van der Waals surface area (Å²) in [5, 5.41) is 16.5. The van der Waals surface area contributed by atoms with Crippen LogP contribution in [-0.4, -0.2) is 24.6 Å². The molecule has 0 bridgehead atoms. The summed E-state index contributed by atoms with van der Waals surface area (Å²) in [5.74, 6) is 0.656. The molecule has 1 aliphatic rings. The van der Waals surface area contributed by atoms with E-state index >= 15 is 0 Å². The molecule has 0 radical (unpaired) electrons. The van der Waals surface area contributed by atoms with Gasteiger partial charge < -0.3 is 4.74 Å². The van der Waals surface area contributed by atoms with E-state index in [9.17, 15) is 0 Å². The van der Waals surface area contributed by atoms with E-state index in [0.29, 0.717) is 5.75 Å². The van der Waals surface area contributed by atoms with Crippen molar-refractivity contribution in [2.24, 2.45) is 0 Å². The van der Waals surface area contributed by atoms with E-state index in [-0.39, 0.29) is 57.5 Å². The second kappa shape index (κ2) is 8.18. The maximum absolute atomic E-state index is 8.24. The molecule has 0 spiro atoms. The van der Waals surface area contributed by atoms with E-state index in [1.54, 1.807) is 12.1 Å². The zero-order chi connectivity index (χ0) is 8.81. The van der Waals surface area contributed by atoms with E-state index in [0.717, 1.165) is 18.6 Å². The van der Waals surface area contributed by atoms with Crippen molar-refractivity contribution in [3.63, 3.8) is 0 Å². The van der Waals surface area contributed by atoms with Gasteiger partial charge >= 0.3 is 51.4 Å². The van der Waals surface area contributed by atoms with Crippen molar-refractivity contribution in [2.45, 2.75) is 12.2 Å². The summed E-state index contributed by atoms with van der Waals surface area (Å²) in [4.78, 5) is 4.40. The molecule has 1 heterocycles. The van der Waals surface area contributed by atoms with Crippen LogP contribution in [0.4, 0.5) is 0 Å². The molecule has 7 heteroatoms. The number of rotatable bonds is 5. The predicted molar refractivity (Wildman–Crippen MR) is 39.4 cm³/mol. The van der Waals surface area contributed by atoms with Crippen molar-refractivity contribution in [3.05, 3.63) is 0 Å². The van der Waals surface area contributed by atoms with E-state index in [1.165, 1.54) is 0 Å². The summed E-state index contributed by atoms with van der Waals surface area (Å²) in [7, 11) is 0. The van der Waals surface area contributed by atoms with Crippen molar-refractivity contribution in [2.75, 3.05) is 12.4 Å². The second-order valence-corrected chi connectivity index (χ2v) is 2.75. The molecule has 0 aliphatic carbocycles. The average molecular weight is 225 g/mol. The van der Waals surface area contributed by atoms with Crippen LogP contribution in [0.15, 0.2) is 0 Å². The van der Waals surface area contributed by atoms with Crippen LogP contribution in [0.5, 0.6) is 0 Å². The third-order valence-electron chi connectivity index (χ3n) is 1.07. The van der Waals surface area contributed by atoms with Crippen molar-refractivity contribution < 1.29 is 65.3 Å². The number of nitrogens with zero attached hydrogens (tertiary/aromatic N) is 2. The Balaban J connectivity index is 0.00000144. The molecule has 1 atom stereocenters. The quantitative estimate of drug-likeness (QED) is 0.127. The molecule has 0 aromatic rings. The van der Waals surface area contributed by atoms with E-state index < -0.39 is 6.10 Å². The molecule has 13 heavy (non-hydrogen) atoms. The summed E-state index contributed by atoms with van der Waals surface area (Å²) in [6.07, 6.45) is -0.918. The van der Waals surface area contributed by atoms with Gasteiger partial charge in [-0.3, -0.25) is 0 Å². The van der Waals surface area contributed by atoms with Gasteiger partial charge in [-0.05, 0) is 0 Å². The Bertz CT molecular complexity index is 209. The molecular formula is C6H6KN2O3S+. The predicted octanol–water partition coefficient (Wildman–Crippen LogP) is -2.60. The van der Waals surface area contributed by atoms with Gasteiger partial charge in [-0.2, -0.15) is 19.7 Å². The number of epoxide rings is 1. The Morgan fingerprint density at radius 2 is 2.15 bits per heavy atom. The van der Waals surface area contributed by atoms with Gasteiger partial charge in [-0.25, -0.2) is 0 Å². The summed E-state index contributed by atoms with van der Waals surface area (Å²) in [6, 6.07) is 3.21. The molecule has 0 aromatic carbocycles. The van der Waals surface area contributed by atoms with Crippen LogP contribution >= 0.6 is 12.0 Å². The number of hydrogen-bond acceptors (Lipinski definition) is 6. The van der Waals surface area contributed by atoms with E-state index in [2.05, 4.69) is 9.22 Å². The minimum Gasteiger partial charge on any atom is -0.372 e. The Morgan fingerprint density at radius 3 is 2.62 bits per heavy atom. The minimum atomic E-state index is -1.15. The summed E-state index contributed by atoms with van der Waals surface area (Å²) in [5.41, 5.74) is 0. The van der Waals surface area contributed by atoms with Gasteiger partial charge in [0.15, 0.2) is 0 Å². The zero-order valence-corrected chi connectivity index (χ0v) is 11.0. The van der Waals surface area contributed by atoms with Crippen LogP contribution in [0.25, 0.3) is 0 Å². The van der Waals surface area contributed by atoms with Gasteiger partial charge in [0.25, 0.3) is 6.10 Å². The van der Waals surface area contributed by atoms with Crippen LogP contribution in [0.3, 0.4) is 0 Å². The largest absolute Gasteiger partial charge is 1.00 e. The van der Waals surface area contributed by atoms with Crippen LogP contribution in [0.2, 0.25) is 0 Å². The first-order valence-electron chi connectivity index (χ1n) is 3.22. The smallest absolute Gasteiger partial charge is 0.372 e. The molecule has 0 saturated carbocycles. The van der Waals surface area contributed by atoms with E-state index in [1.807, 2.05) is 0 Å². The van der Waals surface area contributed by atoms with Gasteiger partial charge in [-0.1, -0.05) is 0 Å². The third-order valence-corrected chi connectivity index (χ3v) is 1.76. The third kappa shape index (κ3) is 6.86. The summed E-state index contributed by atoms with van der Waals surface area (Å²) < 4.78 is 9.40. The second-order valence-electron chi connectivity index (χ2n) is 2.04. The van der Waals surface area contributed by atoms with Crippen molar-refractivity contribution >= 4 is 12.0 Å². The minimum absolute atomic E-state index is 0. The summed E-state index contributed by atoms with van der Waals surface area (Å²) >= 11 is 1.03. The van der Waals surface area contributed by atoms with Crippen molar-refractivity contribution in [1.29, 1.82) is 10.5 Å². The van der Waals surface area contributed by atoms with Crippen molar-refractivity contribution in [1.82, 2.24) is 0 Å². The maximum atomic E-state index is 8.24. The zero-order valence-electron chi connectivity index (χ0n) is 7.10. The van der Waals surface area contributed by atoms with Crippen LogP contribution in [0, 0.1) is 22.7 Å². The summed E-state index contributed by atoms with van der Waals surface area (Å²) in [6.45, 7) is 0.746. The molecular weight excluding hydrogens is 219 g/mol. The molecule has 1 rings (SSSR count). The van der Waals surface area contributed by atoms with Crippen molar-refractivity contribution in [3.8, 4) is 12.1 Å².